The van der Waals surface area contributed by atoms with Gasteiger partial charge in [-0.15, -0.1) is 0 Å². The summed E-state index contributed by atoms with van der Waals surface area (Å²) in [5.41, 5.74) is 3.26. The zero-order valence-electron chi connectivity index (χ0n) is 9.14. The number of hydrogen-bond donors (Lipinski definition) is 1. The van der Waals surface area contributed by atoms with E-state index in [1.165, 1.54) is 45.1 Å². The molecule has 0 amide bonds. The van der Waals surface area contributed by atoms with Crippen LogP contribution in [0.2, 0.25) is 0 Å². The zero-order chi connectivity index (χ0) is 9.80. The fraction of sp³-hybridized carbons (Fsp3) is 0.833. The van der Waals surface area contributed by atoms with Gasteiger partial charge in [0.25, 0.3) is 0 Å². The third-order valence-electron chi connectivity index (χ3n) is 3.46. The summed E-state index contributed by atoms with van der Waals surface area (Å²) in [5, 5.41) is 3.46. The molecule has 1 atom stereocenters. The van der Waals surface area contributed by atoms with Crippen molar-refractivity contribution >= 4 is 0 Å². The zero-order valence-corrected chi connectivity index (χ0v) is 9.14. The highest BCUT2D eigenvalue weighted by molar-refractivity contribution is 5.22. The second-order valence-corrected chi connectivity index (χ2v) is 4.38. The molecular formula is C12H21NO. The SMILES string of the molecule is COC1CCCC/C1=C1/CCCNC1. The summed E-state index contributed by atoms with van der Waals surface area (Å²) in [6, 6.07) is 0. The van der Waals surface area contributed by atoms with Gasteiger partial charge in [0.05, 0.1) is 6.10 Å². The summed E-state index contributed by atoms with van der Waals surface area (Å²) in [6.07, 6.45) is 8.22. The average molecular weight is 195 g/mol. The van der Waals surface area contributed by atoms with Gasteiger partial charge in [0.15, 0.2) is 0 Å². The van der Waals surface area contributed by atoms with Crippen molar-refractivity contribution in [1.82, 2.24) is 5.32 Å². The number of rotatable bonds is 1. The van der Waals surface area contributed by atoms with Gasteiger partial charge in [-0.1, -0.05) is 12.0 Å². The Bertz CT molecular complexity index is 214. The second-order valence-electron chi connectivity index (χ2n) is 4.38. The van der Waals surface area contributed by atoms with Gasteiger partial charge in [-0.3, -0.25) is 0 Å². The summed E-state index contributed by atoms with van der Waals surface area (Å²) in [4.78, 5) is 0. The van der Waals surface area contributed by atoms with E-state index in [1.54, 1.807) is 11.1 Å². The van der Waals surface area contributed by atoms with Crippen LogP contribution in [0.1, 0.15) is 38.5 Å². The number of methoxy groups -OCH3 is 1. The molecule has 2 heteroatoms. The predicted molar refractivity (Wildman–Crippen MR) is 58.4 cm³/mol. The number of hydrogen-bond acceptors (Lipinski definition) is 2. The Morgan fingerprint density at radius 3 is 2.86 bits per heavy atom. The summed E-state index contributed by atoms with van der Waals surface area (Å²) in [5.74, 6) is 0. The highest BCUT2D eigenvalue weighted by Gasteiger charge is 2.22. The number of ether oxygens (including phenoxy) is 1. The molecule has 2 nitrogen and oxygen atoms in total. The van der Waals surface area contributed by atoms with Crippen LogP contribution in [0.3, 0.4) is 0 Å². The van der Waals surface area contributed by atoms with Crippen LogP contribution in [0.15, 0.2) is 11.1 Å². The molecular weight excluding hydrogens is 174 g/mol. The van der Waals surface area contributed by atoms with Crippen LogP contribution in [0.4, 0.5) is 0 Å². The van der Waals surface area contributed by atoms with Crippen molar-refractivity contribution in [2.24, 2.45) is 0 Å². The molecule has 1 aliphatic carbocycles. The quantitative estimate of drug-likeness (QED) is 0.648. The van der Waals surface area contributed by atoms with Gasteiger partial charge >= 0.3 is 0 Å². The van der Waals surface area contributed by atoms with Gasteiger partial charge < -0.3 is 10.1 Å². The minimum absolute atomic E-state index is 0.429. The third-order valence-corrected chi connectivity index (χ3v) is 3.46. The Morgan fingerprint density at radius 1 is 1.21 bits per heavy atom. The first kappa shape index (κ1) is 10.2. The van der Waals surface area contributed by atoms with Crippen LogP contribution in [-0.4, -0.2) is 26.3 Å². The van der Waals surface area contributed by atoms with E-state index >= 15 is 0 Å². The third kappa shape index (κ3) is 2.18. The van der Waals surface area contributed by atoms with Gasteiger partial charge in [0.2, 0.25) is 0 Å². The van der Waals surface area contributed by atoms with E-state index in [2.05, 4.69) is 5.32 Å². The molecule has 1 N–H and O–H groups in total. The molecule has 0 bridgehead atoms. The summed E-state index contributed by atoms with van der Waals surface area (Å²) >= 11 is 0. The molecule has 2 aliphatic rings. The molecule has 1 aliphatic heterocycles. The van der Waals surface area contributed by atoms with Crippen molar-refractivity contribution in [2.45, 2.75) is 44.6 Å². The number of piperidine rings is 1. The van der Waals surface area contributed by atoms with Crippen LogP contribution in [0, 0.1) is 0 Å². The molecule has 0 aromatic heterocycles. The lowest BCUT2D eigenvalue weighted by Crippen LogP contribution is -2.28. The van der Waals surface area contributed by atoms with Crippen LogP contribution >= 0.6 is 0 Å². The van der Waals surface area contributed by atoms with Crippen molar-refractivity contribution in [3.63, 3.8) is 0 Å². The topological polar surface area (TPSA) is 21.3 Å². The molecule has 80 valence electrons. The minimum Gasteiger partial charge on any atom is -0.377 e. The fourth-order valence-electron chi connectivity index (χ4n) is 2.67. The van der Waals surface area contributed by atoms with Crippen LogP contribution in [0.5, 0.6) is 0 Å². The van der Waals surface area contributed by atoms with Crippen LogP contribution in [0.25, 0.3) is 0 Å². The fourth-order valence-corrected chi connectivity index (χ4v) is 2.67. The maximum Gasteiger partial charge on any atom is 0.0784 e. The highest BCUT2D eigenvalue weighted by Crippen LogP contribution is 2.30. The largest absolute Gasteiger partial charge is 0.377 e. The highest BCUT2D eigenvalue weighted by atomic mass is 16.5. The smallest absolute Gasteiger partial charge is 0.0784 e. The molecule has 0 aromatic carbocycles. The van der Waals surface area contributed by atoms with E-state index in [-0.39, 0.29) is 0 Å². The Labute approximate surface area is 86.7 Å². The summed E-state index contributed by atoms with van der Waals surface area (Å²) in [6.45, 7) is 2.30. The van der Waals surface area contributed by atoms with Crippen molar-refractivity contribution < 1.29 is 4.74 Å². The Balaban J connectivity index is 2.10. The molecule has 0 aromatic rings. The van der Waals surface area contributed by atoms with Crippen molar-refractivity contribution in [2.75, 3.05) is 20.2 Å². The molecule has 2 rings (SSSR count). The van der Waals surface area contributed by atoms with Crippen molar-refractivity contribution in [1.29, 1.82) is 0 Å². The lowest BCUT2D eigenvalue weighted by molar-refractivity contribution is 0.108. The van der Waals surface area contributed by atoms with E-state index in [0.717, 1.165) is 6.54 Å². The molecule has 0 radical (unpaired) electrons. The van der Waals surface area contributed by atoms with Crippen molar-refractivity contribution in [3.8, 4) is 0 Å². The first-order valence-electron chi connectivity index (χ1n) is 5.86. The molecule has 14 heavy (non-hydrogen) atoms. The molecule has 2 fully saturated rings. The maximum absolute atomic E-state index is 5.57. The molecule has 0 spiro atoms. The Kier molecular flexibility index (Phi) is 3.60. The monoisotopic (exact) mass is 195 g/mol. The molecule has 1 saturated carbocycles. The minimum atomic E-state index is 0.429. The van der Waals surface area contributed by atoms with Gasteiger partial charge in [0.1, 0.15) is 0 Å². The van der Waals surface area contributed by atoms with E-state index < -0.39 is 0 Å². The Hall–Kier alpha value is -0.340. The molecule has 1 saturated heterocycles. The predicted octanol–water partition coefficient (Wildman–Crippen LogP) is 2.26. The van der Waals surface area contributed by atoms with Gasteiger partial charge in [0, 0.05) is 13.7 Å². The molecule has 1 unspecified atom stereocenters. The first-order chi connectivity index (χ1) is 6.92. The van der Waals surface area contributed by atoms with Crippen molar-refractivity contribution in [3.05, 3.63) is 11.1 Å². The normalized spacial score (nSPS) is 34.5. The first-order valence-corrected chi connectivity index (χ1v) is 5.86. The standard InChI is InChI=1S/C12H21NO/c1-14-12-7-3-2-6-11(12)10-5-4-8-13-9-10/h12-13H,2-9H2,1H3/b11-10+. The second kappa shape index (κ2) is 4.94. The lowest BCUT2D eigenvalue weighted by Gasteiger charge is -2.29. The Morgan fingerprint density at radius 2 is 2.14 bits per heavy atom. The van der Waals surface area contributed by atoms with Crippen LogP contribution < -0.4 is 5.32 Å². The summed E-state index contributed by atoms with van der Waals surface area (Å²) < 4.78 is 5.57. The van der Waals surface area contributed by atoms with E-state index in [1.807, 2.05) is 7.11 Å². The summed E-state index contributed by atoms with van der Waals surface area (Å²) in [7, 11) is 1.85. The van der Waals surface area contributed by atoms with Crippen LogP contribution in [-0.2, 0) is 4.74 Å². The molecule has 1 heterocycles. The lowest BCUT2D eigenvalue weighted by atomic mass is 9.86. The van der Waals surface area contributed by atoms with E-state index in [9.17, 15) is 0 Å². The maximum atomic E-state index is 5.57. The van der Waals surface area contributed by atoms with Gasteiger partial charge in [-0.05, 0) is 44.2 Å². The number of nitrogens with one attached hydrogen (secondary N) is 1. The average Bonchev–Trinajstić information content (AvgIpc) is 2.30. The van der Waals surface area contributed by atoms with Gasteiger partial charge in [-0.2, -0.15) is 0 Å². The van der Waals surface area contributed by atoms with Gasteiger partial charge in [-0.25, -0.2) is 0 Å². The van der Waals surface area contributed by atoms with E-state index in [0.29, 0.717) is 6.10 Å². The van der Waals surface area contributed by atoms with E-state index in [4.69, 9.17) is 4.74 Å².